The van der Waals surface area contributed by atoms with E-state index in [9.17, 15) is 9.18 Å². The number of fused-ring (bicyclic) bond motifs is 1. The summed E-state index contributed by atoms with van der Waals surface area (Å²) in [5, 5.41) is 3.92. The van der Waals surface area contributed by atoms with Crippen molar-refractivity contribution in [2.24, 2.45) is 5.92 Å². The Morgan fingerprint density at radius 1 is 1.36 bits per heavy atom. The summed E-state index contributed by atoms with van der Waals surface area (Å²) in [5.74, 6) is 0.167. The van der Waals surface area contributed by atoms with Gasteiger partial charge >= 0.3 is 0 Å². The molecule has 0 unspecified atom stereocenters. The van der Waals surface area contributed by atoms with Gasteiger partial charge in [-0.15, -0.1) is 0 Å². The van der Waals surface area contributed by atoms with Crippen molar-refractivity contribution >= 4 is 16.9 Å². The van der Waals surface area contributed by atoms with Gasteiger partial charge in [0.2, 0.25) is 0 Å². The molecule has 0 bridgehead atoms. The third-order valence-corrected chi connectivity index (χ3v) is 4.38. The zero-order valence-corrected chi connectivity index (χ0v) is 12.8. The lowest BCUT2D eigenvalue weighted by atomic mass is 9.96. The van der Waals surface area contributed by atoms with Gasteiger partial charge in [-0.1, -0.05) is 6.92 Å². The fourth-order valence-electron chi connectivity index (χ4n) is 3.07. The fraction of sp³-hybridized carbons (Fsp3) is 0.471. The van der Waals surface area contributed by atoms with Crippen molar-refractivity contribution in [2.75, 3.05) is 26.2 Å². The topological polar surface area (TPSA) is 45.5 Å². The molecule has 0 atom stereocenters. The first-order valence-corrected chi connectivity index (χ1v) is 7.86. The van der Waals surface area contributed by atoms with Crippen LogP contribution in [0.3, 0.4) is 0 Å². The Bertz CT molecular complexity index is 660. The molecule has 1 aromatic carbocycles. The van der Waals surface area contributed by atoms with E-state index < -0.39 is 5.82 Å². The van der Waals surface area contributed by atoms with Gasteiger partial charge in [-0.05, 0) is 50.0 Å². The number of hydrogen-bond donors (Lipinski definition) is 1. The number of nitrogens with one attached hydrogen (secondary N) is 1. The summed E-state index contributed by atoms with van der Waals surface area (Å²) >= 11 is 0. The molecule has 0 saturated carbocycles. The van der Waals surface area contributed by atoms with E-state index in [1.165, 1.54) is 12.3 Å². The molecule has 0 radical (unpaired) electrons. The van der Waals surface area contributed by atoms with Gasteiger partial charge in [0.05, 0.1) is 11.8 Å². The van der Waals surface area contributed by atoms with Crippen molar-refractivity contribution in [3.05, 3.63) is 35.8 Å². The number of nitrogens with zero attached hydrogens (tertiary/aromatic N) is 1. The SMILES string of the molecule is CCNCC1CCN(C(=O)c2ccc(F)c3occc23)CC1. The molecule has 1 fully saturated rings. The van der Waals surface area contributed by atoms with E-state index in [1.54, 1.807) is 12.1 Å². The van der Waals surface area contributed by atoms with E-state index in [1.807, 2.05) is 4.90 Å². The zero-order chi connectivity index (χ0) is 15.5. The van der Waals surface area contributed by atoms with Crippen LogP contribution in [0.5, 0.6) is 0 Å². The minimum absolute atomic E-state index is 0.0340. The van der Waals surface area contributed by atoms with Crippen molar-refractivity contribution in [1.29, 1.82) is 0 Å². The third-order valence-electron chi connectivity index (χ3n) is 4.38. The largest absolute Gasteiger partial charge is 0.461 e. The fourth-order valence-corrected chi connectivity index (χ4v) is 3.07. The monoisotopic (exact) mass is 304 g/mol. The highest BCUT2D eigenvalue weighted by Gasteiger charge is 2.25. The van der Waals surface area contributed by atoms with Gasteiger partial charge in [0.15, 0.2) is 11.4 Å². The number of benzene rings is 1. The smallest absolute Gasteiger partial charge is 0.254 e. The molecule has 5 heteroatoms. The number of halogens is 1. The average molecular weight is 304 g/mol. The molecule has 1 aliphatic heterocycles. The zero-order valence-electron chi connectivity index (χ0n) is 12.8. The van der Waals surface area contributed by atoms with E-state index >= 15 is 0 Å². The van der Waals surface area contributed by atoms with Crippen molar-refractivity contribution in [3.63, 3.8) is 0 Å². The summed E-state index contributed by atoms with van der Waals surface area (Å²) in [5.41, 5.74) is 0.683. The second-order valence-corrected chi connectivity index (χ2v) is 5.80. The van der Waals surface area contributed by atoms with Crippen LogP contribution in [-0.4, -0.2) is 37.0 Å². The van der Waals surface area contributed by atoms with Gasteiger partial charge in [-0.2, -0.15) is 0 Å². The molecule has 1 N–H and O–H groups in total. The molecule has 2 aromatic rings. The highest BCUT2D eigenvalue weighted by Crippen LogP contribution is 2.26. The molecule has 0 spiro atoms. The van der Waals surface area contributed by atoms with Gasteiger partial charge in [0.25, 0.3) is 5.91 Å². The first kappa shape index (κ1) is 15.0. The molecule has 1 amide bonds. The molecule has 3 rings (SSSR count). The van der Waals surface area contributed by atoms with Crippen LogP contribution in [0, 0.1) is 11.7 Å². The molecule has 118 valence electrons. The number of carbonyl (C=O) groups is 1. The van der Waals surface area contributed by atoms with Crippen LogP contribution in [0.2, 0.25) is 0 Å². The Balaban J connectivity index is 1.72. The first-order chi connectivity index (χ1) is 10.7. The number of hydrogen-bond acceptors (Lipinski definition) is 3. The number of furan rings is 1. The van der Waals surface area contributed by atoms with E-state index in [4.69, 9.17) is 4.42 Å². The Kier molecular flexibility index (Phi) is 4.43. The second-order valence-electron chi connectivity index (χ2n) is 5.80. The van der Waals surface area contributed by atoms with Crippen LogP contribution in [0.1, 0.15) is 30.1 Å². The van der Waals surface area contributed by atoms with E-state index in [2.05, 4.69) is 12.2 Å². The Morgan fingerprint density at radius 2 is 2.14 bits per heavy atom. The summed E-state index contributed by atoms with van der Waals surface area (Å²) < 4.78 is 18.8. The number of amides is 1. The van der Waals surface area contributed by atoms with Gasteiger partial charge < -0.3 is 14.6 Å². The van der Waals surface area contributed by atoms with Crippen LogP contribution >= 0.6 is 0 Å². The third kappa shape index (κ3) is 2.86. The van der Waals surface area contributed by atoms with Gasteiger partial charge in [-0.25, -0.2) is 4.39 Å². The summed E-state index contributed by atoms with van der Waals surface area (Å²) in [6.45, 7) is 5.61. The molecular formula is C17H21FN2O2. The normalized spacial score (nSPS) is 16.4. The van der Waals surface area contributed by atoms with Crippen molar-refractivity contribution in [1.82, 2.24) is 10.2 Å². The highest BCUT2D eigenvalue weighted by molar-refractivity contribution is 6.06. The van der Waals surface area contributed by atoms with Crippen LogP contribution in [0.25, 0.3) is 11.0 Å². The molecule has 1 aliphatic rings. The predicted octanol–water partition coefficient (Wildman–Crippen LogP) is 3.03. The predicted molar refractivity (Wildman–Crippen MR) is 83.3 cm³/mol. The van der Waals surface area contributed by atoms with Crippen molar-refractivity contribution in [2.45, 2.75) is 19.8 Å². The Labute approximate surface area is 129 Å². The van der Waals surface area contributed by atoms with E-state index in [0.717, 1.165) is 39.0 Å². The molecule has 1 aromatic heterocycles. The lowest BCUT2D eigenvalue weighted by molar-refractivity contribution is 0.0692. The maximum absolute atomic E-state index is 13.6. The van der Waals surface area contributed by atoms with Gasteiger partial charge in [0.1, 0.15) is 0 Å². The maximum Gasteiger partial charge on any atom is 0.254 e. The minimum atomic E-state index is -0.430. The summed E-state index contributed by atoms with van der Waals surface area (Å²) in [6, 6.07) is 4.51. The minimum Gasteiger partial charge on any atom is -0.461 e. The molecule has 1 saturated heterocycles. The Hall–Kier alpha value is -1.88. The maximum atomic E-state index is 13.6. The number of carbonyl (C=O) groups excluding carboxylic acids is 1. The lowest BCUT2D eigenvalue weighted by Crippen LogP contribution is -2.40. The average Bonchev–Trinajstić information content (AvgIpc) is 3.04. The molecule has 22 heavy (non-hydrogen) atoms. The van der Waals surface area contributed by atoms with Gasteiger partial charge in [-0.3, -0.25) is 4.79 Å². The molecular weight excluding hydrogens is 283 g/mol. The summed E-state index contributed by atoms with van der Waals surface area (Å²) in [6.07, 6.45) is 3.44. The first-order valence-electron chi connectivity index (χ1n) is 7.86. The van der Waals surface area contributed by atoms with Crippen LogP contribution < -0.4 is 5.32 Å². The quantitative estimate of drug-likeness (QED) is 0.944. The highest BCUT2D eigenvalue weighted by atomic mass is 19.1. The second kappa shape index (κ2) is 6.48. The lowest BCUT2D eigenvalue weighted by Gasteiger charge is -2.32. The van der Waals surface area contributed by atoms with E-state index in [0.29, 0.717) is 16.9 Å². The van der Waals surface area contributed by atoms with Crippen LogP contribution in [-0.2, 0) is 0 Å². The van der Waals surface area contributed by atoms with E-state index in [-0.39, 0.29) is 11.5 Å². The number of piperidine rings is 1. The van der Waals surface area contributed by atoms with Crippen molar-refractivity contribution < 1.29 is 13.6 Å². The Morgan fingerprint density at radius 3 is 2.86 bits per heavy atom. The molecule has 0 aliphatic carbocycles. The molecule has 2 heterocycles. The van der Waals surface area contributed by atoms with Gasteiger partial charge in [0, 0.05) is 18.5 Å². The number of likely N-dealkylation sites (tertiary alicyclic amines) is 1. The standard InChI is InChI=1S/C17H21FN2O2/c1-2-19-11-12-5-8-20(9-6-12)17(21)14-3-4-15(18)16-13(14)7-10-22-16/h3-4,7,10,12,19H,2,5-6,8-9,11H2,1H3. The number of rotatable bonds is 4. The van der Waals surface area contributed by atoms with Crippen LogP contribution in [0.15, 0.2) is 28.9 Å². The molecule has 4 nitrogen and oxygen atoms in total. The van der Waals surface area contributed by atoms with Crippen molar-refractivity contribution in [3.8, 4) is 0 Å². The van der Waals surface area contributed by atoms with Crippen LogP contribution in [0.4, 0.5) is 4.39 Å². The summed E-state index contributed by atoms with van der Waals surface area (Å²) in [7, 11) is 0. The summed E-state index contributed by atoms with van der Waals surface area (Å²) in [4.78, 5) is 14.6.